The van der Waals surface area contributed by atoms with Crippen molar-refractivity contribution in [2.45, 2.75) is 33.7 Å². The molecule has 0 rings (SSSR count). The van der Waals surface area contributed by atoms with E-state index in [4.69, 9.17) is 9.79 Å². The van der Waals surface area contributed by atoms with Crippen LogP contribution in [-0.4, -0.2) is 24.4 Å². The SMILES string of the molecule is CC(C)COP(=O)(C#N)N(C)C(C)C. The van der Waals surface area contributed by atoms with Gasteiger partial charge in [-0.05, 0) is 26.8 Å². The number of hydrogen-bond acceptors (Lipinski definition) is 3. The summed E-state index contributed by atoms with van der Waals surface area (Å²) in [6, 6.07) is 0.0349. The summed E-state index contributed by atoms with van der Waals surface area (Å²) in [4.78, 5) is 0. The van der Waals surface area contributed by atoms with Crippen LogP contribution in [0, 0.1) is 17.0 Å². The summed E-state index contributed by atoms with van der Waals surface area (Å²) in [5.41, 5.74) is 0. The van der Waals surface area contributed by atoms with Crippen molar-refractivity contribution < 1.29 is 9.09 Å². The Morgan fingerprint density at radius 1 is 1.43 bits per heavy atom. The van der Waals surface area contributed by atoms with Crippen molar-refractivity contribution in [2.75, 3.05) is 13.7 Å². The minimum atomic E-state index is -3.26. The van der Waals surface area contributed by atoms with Crippen LogP contribution in [0.3, 0.4) is 0 Å². The highest BCUT2D eigenvalue weighted by Gasteiger charge is 2.30. The molecule has 0 amide bonds. The topological polar surface area (TPSA) is 53.3 Å². The second kappa shape index (κ2) is 5.50. The fraction of sp³-hybridized carbons (Fsp3) is 0.889. The van der Waals surface area contributed by atoms with Gasteiger partial charge in [0, 0.05) is 6.04 Å². The quantitative estimate of drug-likeness (QED) is 0.666. The predicted molar refractivity (Wildman–Crippen MR) is 56.9 cm³/mol. The molecule has 0 spiro atoms. The van der Waals surface area contributed by atoms with Gasteiger partial charge in [-0.15, -0.1) is 0 Å². The highest BCUT2D eigenvalue weighted by molar-refractivity contribution is 7.61. The van der Waals surface area contributed by atoms with Crippen molar-refractivity contribution in [3.8, 4) is 5.81 Å². The number of nitriles is 1. The molecule has 0 aliphatic heterocycles. The van der Waals surface area contributed by atoms with E-state index in [1.165, 1.54) is 4.67 Å². The summed E-state index contributed by atoms with van der Waals surface area (Å²) in [5, 5.41) is 8.84. The zero-order chi connectivity index (χ0) is 11.4. The maximum atomic E-state index is 12.0. The van der Waals surface area contributed by atoms with Crippen LogP contribution in [0.1, 0.15) is 27.7 Å². The fourth-order valence-electron chi connectivity index (χ4n) is 0.745. The van der Waals surface area contributed by atoms with Crippen LogP contribution in [0.2, 0.25) is 0 Å². The summed E-state index contributed by atoms with van der Waals surface area (Å²) in [6.45, 7) is 8.02. The van der Waals surface area contributed by atoms with E-state index >= 15 is 0 Å². The molecular weight excluding hydrogens is 199 g/mol. The molecule has 0 aliphatic rings. The summed E-state index contributed by atoms with van der Waals surface area (Å²) >= 11 is 0. The molecule has 0 N–H and O–H groups in total. The molecule has 1 unspecified atom stereocenters. The van der Waals surface area contributed by atoms with Gasteiger partial charge in [0.05, 0.1) is 6.61 Å². The van der Waals surface area contributed by atoms with Crippen LogP contribution in [0.4, 0.5) is 0 Å². The van der Waals surface area contributed by atoms with Gasteiger partial charge in [0.2, 0.25) is 0 Å². The molecule has 0 bridgehead atoms. The summed E-state index contributed by atoms with van der Waals surface area (Å²) < 4.78 is 18.6. The second-order valence-electron chi connectivity index (χ2n) is 3.98. The van der Waals surface area contributed by atoms with Crippen LogP contribution in [0.15, 0.2) is 0 Å². The Labute approximate surface area is 86.4 Å². The maximum Gasteiger partial charge on any atom is 0.371 e. The lowest BCUT2D eigenvalue weighted by Gasteiger charge is -2.25. The third kappa shape index (κ3) is 3.79. The average molecular weight is 218 g/mol. The first-order chi connectivity index (χ1) is 6.33. The molecule has 4 nitrogen and oxygen atoms in total. The van der Waals surface area contributed by atoms with Crippen LogP contribution in [-0.2, 0) is 9.09 Å². The van der Waals surface area contributed by atoms with Gasteiger partial charge in [-0.2, -0.15) is 5.26 Å². The van der Waals surface area contributed by atoms with E-state index in [-0.39, 0.29) is 12.0 Å². The zero-order valence-corrected chi connectivity index (χ0v) is 10.4. The first kappa shape index (κ1) is 13.6. The van der Waals surface area contributed by atoms with Gasteiger partial charge in [0.25, 0.3) is 0 Å². The molecule has 0 aromatic carbocycles. The largest absolute Gasteiger partial charge is 0.371 e. The standard InChI is InChI=1S/C9H19N2O2P/c1-8(2)6-13-14(12,7-10)11(5)9(3)4/h8-9H,6H2,1-5H3. The van der Waals surface area contributed by atoms with Crippen LogP contribution < -0.4 is 0 Å². The van der Waals surface area contributed by atoms with Gasteiger partial charge in [0.15, 0.2) is 5.81 Å². The molecule has 0 heterocycles. The molecule has 0 aromatic heterocycles. The third-order valence-electron chi connectivity index (χ3n) is 1.87. The van der Waals surface area contributed by atoms with E-state index in [0.717, 1.165) is 0 Å². The number of nitrogens with zero attached hydrogens (tertiary/aromatic N) is 2. The first-order valence-electron chi connectivity index (χ1n) is 4.72. The number of rotatable bonds is 5. The van der Waals surface area contributed by atoms with Crippen molar-refractivity contribution in [3.63, 3.8) is 0 Å². The monoisotopic (exact) mass is 218 g/mol. The van der Waals surface area contributed by atoms with E-state index in [2.05, 4.69) is 0 Å². The van der Waals surface area contributed by atoms with Gasteiger partial charge in [-0.25, -0.2) is 4.67 Å². The summed E-state index contributed by atoms with van der Waals surface area (Å²) in [7, 11) is -1.61. The molecule has 0 saturated carbocycles. The van der Waals surface area contributed by atoms with Crippen LogP contribution >= 0.6 is 7.52 Å². The lowest BCUT2D eigenvalue weighted by molar-refractivity contribution is 0.237. The highest BCUT2D eigenvalue weighted by atomic mass is 31.2. The Morgan fingerprint density at radius 2 is 1.93 bits per heavy atom. The summed E-state index contributed by atoms with van der Waals surface area (Å²) in [6.07, 6.45) is 0. The first-order valence-corrected chi connectivity index (χ1v) is 6.30. The highest BCUT2D eigenvalue weighted by Crippen LogP contribution is 2.49. The summed E-state index contributed by atoms with van der Waals surface area (Å²) in [5.74, 6) is 2.05. The second-order valence-corrected chi connectivity index (χ2v) is 6.11. The zero-order valence-electron chi connectivity index (χ0n) is 9.52. The fourth-order valence-corrected chi connectivity index (χ4v) is 2.23. The minimum Gasteiger partial charge on any atom is -0.307 e. The Morgan fingerprint density at radius 3 is 2.21 bits per heavy atom. The Kier molecular flexibility index (Phi) is 5.36. The van der Waals surface area contributed by atoms with Gasteiger partial charge >= 0.3 is 7.52 Å². The molecule has 0 radical (unpaired) electrons. The van der Waals surface area contributed by atoms with Crippen LogP contribution in [0.5, 0.6) is 0 Å². The Bertz CT molecular complexity index is 258. The Hall–Kier alpha value is -0.360. The van der Waals surface area contributed by atoms with E-state index in [0.29, 0.717) is 6.61 Å². The molecule has 0 fully saturated rings. The van der Waals surface area contributed by atoms with Crippen molar-refractivity contribution in [3.05, 3.63) is 0 Å². The van der Waals surface area contributed by atoms with Gasteiger partial charge in [0.1, 0.15) is 0 Å². The van der Waals surface area contributed by atoms with Crippen molar-refractivity contribution in [1.29, 1.82) is 5.26 Å². The smallest absolute Gasteiger partial charge is 0.307 e. The minimum absolute atomic E-state index is 0.0349. The van der Waals surface area contributed by atoms with E-state index in [1.54, 1.807) is 12.9 Å². The van der Waals surface area contributed by atoms with Crippen molar-refractivity contribution in [1.82, 2.24) is 4.67 Å². The van der Waals surface area contributed by atoms with Crippen molar-refractivity contribution in [2.24, 2.45) is 5.92 Å². The lowest BCUT2D eigenvalue weighted by Crippen LogP contribution is -2.24. The Balaban J connectivity index is 4.50. The lowest BCUT2D eigenvalue weighted by atomic mass is 10.2. The van der Waals surface area contributed by atoms with Gasteiger partial charge < -0.3 is 4.52 Å². The van der Waals surface area contributed by atoms with Crippen LogP contribution in [0.25, 0.3) is 0 Å². The van der Waals surface area contributed by atoms with Gasteiger partial charge in [-0.1, -0.05) is 13.8 Å². The van der Waals surface area contributed by atoms with E-state index in [1.807, 2.05) is 27.7 Å². The normalized spacial score (nSPS) is 15.9. The van der Waals surface area contributed by atoms with E-state index in [9.17, 15) is 4.57 Å². The molecule has 1 atom stereocenters. The molecule has 0 saturated heterocycles. The predicted octanol–water partition coefficient (Wildman–Crippen LogP) is 2.67. The number of hydrogen-bond donors (Lipinski definition) is 0. The molecular formula is C9H19N2O2P. The average Bonchev–Trinajstić information content (AvgIpc) is 2.12. The van der Waals surface area contributed by atoms with E-state index < -0.39 is 7.52 Å². The molecule has 0 aromatic rings. The molecule has 0 aliphatic carbocycles. The third-order valence-corrected chi connectivity index (χ3v) is 3.92. The van der Waals surface area contributed by atoms with Gasteiger partial charge in [-0.3, -0.25) is 4.57 Å². The molecule has 82 valence electrons. The maximum absolute atomic E-state index is 12.0. The van der Waals surface area contributed by atoms with Crippen molar-refractivity contribution >= 4 is 7.52 Å². The molecule has 14 heavy (non-hydrogen) atoms. The molecule has 5 heteroatoms.